The highest BCUT2D eigenvalue weighted by Gasteiger charge is 2.24. The van der Waals surface area contributed by atoms with Gasteiger partial charge >= 0.3 is 0 Å². The highest BCUT2D eigenvalue weighted by Crippen LogP contribution is 2.38. The van der Waals surface area contributed by atoms with Gasteiger partial charge in [0.25, 0.3) is 0 Å². The van der Waals surface area contributed by atoms with E-state index in [1.165, 1.54) is 5.56 Å². The molecule has 0 atom stereocenters. The summed E-state index contributed by atoms with van der Waals surface area (Å²) >= 11 is 0. The Morgan fingerprint density at radius 1 is 0.957 bits per heavy atom. The molecular formula is C19H21N3O. The number of aliphatic imine (C=N–C) groups is 1. The maximum absolute atomic E-state index is 6.15. The zero-order valence-corrected chi connectivity index (χ0v) is 13.6. The van der Waals surface area contributed by atoms with Crippen LogP contribution in [0.2, 0.25) is 0 Å². The van der Waals surface area contributed by atoms with Gasteiger partial charge in [0.15, 0.2) is 5.75 Å². The highest BCUT2D eigenvalue weighted by atomic mass is 16.5. The van der Waals surface area contributed by atoms with Crippen LogP contribution >= 0.6 is 0 Å². The van der Waals surface area contributed by atoms with Gasteiger partial charge in [0, 0.05) is 26.2 Å². The molecule has 0 spiro atoms. The van der Waals surface area contributed by atoms with E-state index >= 15 is 0 Å². The van der Waals surface area contributed by atoms with E-state index in [1.807, 2.05) is 24.3 Å². The molecule has 0 radical (unpaired) electrons. The van der Waals surface area contributed by atoms with E-state index in [1.54, 1.807) is 0 Å². The summed E-state index contributed by atoms with van der Waals surface area (Å²) in [5.74, 6) is 2.74. The van der Waals surface area contributed by atoms with Gasteiger partial charge in [-0.15, -0.1) is 0 Å². The van der Waals surface area contributed by atoms with Gasteiger partial charge in [-0.1, -0.05) is 23.8 Å². The molecule has 4 rings (SSSR count). The monoisotopic (exact) mass is 307 g/mol. The number of hydrogen-bond donors (Lipinski definition) is 0. The van der Waals surface area contributed by atoms with Gasteiger partial charge in [0.2, 0.25) is 0 Å². The van der Waals surface area contributed by atoms with Crippen LogP contribution in [0.3, 0.4) is 0 Å². The lowest BCUT2D eigenvalue weighted by atomic mass is 10.1. The minimum absolute atomic E-state index is 0.821. The summed E-state index contributed by atoms with van der Waals surface area (Å²) in [7, 11) is 2.17. The third-order valence-electron chi connectivity index (χ3n) is 4.49. The van der Waals surface area contributed by atoms with Gasteiger partial charge in [-0.25, -0.2) is 4.99 Å². The lowest BCUT2D eigenvalue weighted by Gasteiger charge is -2.34. The number of piperazine rings is 1. The summed E-state index contributed by atoms with van der Waals surface area (Å²) in [5.41, 5.74) is 3.21. The summed E-state index contributed by atoms with van der Waals surface area (Å²) in [5, 5.41) is 0. The molecule has 2 heterocycles. The van der Waals surface area contributed by atoms with E-state index < -0.39 is 0 Å². The average molecular weight is 307 g/mol. The highest BCUT2D eigenvalue weighted by molar-refractivity contribution is 6.04. The number of amidine groups is 1. The Morgan fingerprint density at radius 2 is 1.74 bits per heavy atom. The maximum Gasteiger partial charge on any atom is 0.153 e. The molecule has 0 amide bonds. The molecule has 4 heteroatoms. The number of para-hydroxylation sites is 2. The van der Waals surface area contributed by atoms with Gasteiger partial charge in [0.05, 0.1) is 5.56 Å². The van der Waals surface area contributed by atoms with E-state index in [-0.39, 0.29) is 0 Å². The molecule has 2 aliphatic heterocycles. The van der Waals surface area contributed by atoms with E-state index in [0.29, 0.717) is 0 Å². The van der Waals surface area contributed by atoms with Gasteiger partial charge in [0.1, 0.15) is 17.3 Å². The van der Waals surface area contributed by atoms with Crippen LogP contribution < -0.4 is 4.74 Å². The molecule has 1 fully saturated rings. The lowest BCUT2D eigenvalue weighted by Crippen LogP contribution is -2.47. The molecule has 1 saturated heterocycles. The smallest absolute Gasteiger partial charge is 0.153 e. The molecule has 0 N–H and O–H groups in total. The van der Waals surface area contributed by atoms with Crippen molar-refractivity contribution in [2.75, 3.05) is 33.2 Å². The summed E-state index contributed by atoms with van der Waals surface area (Å²) in [6.45, 7) is 6.21. The Hall–Kier alpha value is -2.33. The van der Waals surface area contributed by atoms with Crippen molar-refractivity contribution in [1.82, 2.24) is 9.80 Å². The second-order valence-corrected chi connectivity index (χ2v) is 6.30. The Balaban J connectivity index is 1.84. The van der Waals surface area contributed by atoms with Gasteiger partial charge < -0.3 is 14.5 Å². The van der Waals surface area contributed by atoms with Crippen LogP contribution in [0, 0.1) is 6.92 Å². The first kappa shape index (κ1) is 14.3. The van der Waals surface area contributed by atoms with Crippen molar-refractivity contribution in [2.45, 2.75) is 6.92 Å². The van der Waals surface area contributed by atoms with Crippen LogP contribution in [0.5, 0.6) is 11.5 Å². The minimum Gasteiger partial charge on any atom is -0.454 e. The molecule has 2 aliphatic rings. The first-order valence-electron chi connectivity index (χ1n) is 8.11. The first-order chi connectivity index (χ1) is 11.2. The molecule has 23 heavy (non-hydrogen) atoms. The van der Waals surface area contributed by atoms with Gasteiger partial charge in [-0.2, -0.15) is 0 Å². The molecule has 2 aromatic rings. The molecule has 0 unspecified atom stereocenters. The van der Waals surface area contributed by atoms with E-state index in [2.05, 4.69) is 42.0 Å². The zero-order valence-electron chi connectivity index (χ0n) is 13.6. The number of rotatable bonds is 0. The number of hydrogen-bond acceptors (Lipinski definition) is 4. The molecule has 118 valence electrons. The summed E-state index contributed by atoms with van der Waals surface area (Å²) in [4.78, 5) is 9.70. The Morgan fingerprint density at radius 3 is 2.57 bits per heavy atom. The number of ether oxygens (including phenoxy) is 1. The summed E-state index contributed by atoms with van der Waals surface area (Å²) in [6.07, 6.45) is 0. The SMILES string of the molecule is Cc1ccc2c(c1)C(N1CCN(C)CC1)=Nc1ccccc1O2. The fraction of sp³-hybridized carbons (Fsp3) is 0.316. The van der Waals surface area contributed by atoms with E-state index in [4.69, 9.17) is 9.73 Å². The minimum atomic E-state index is 0.821. The predicted molar refractivity (Wildman–Crippen MR) is 93.0 cm³/mol. The van der Waals surface area contributed by atoms with Crippen molar-refractivity contribution < 1.29 is 4.74 Å². The Kier molecular flexibility index (Phi) is 3.54. The molecule has 0 aliphatic carbocycles. The Labute approximate surface area is 137 Å². The third kappa shape index (κ3) is 2.70. The molecule has 0 saturated carbocycles. The fourth-order valence-electron chi connectivity index (χ4n) is 3.10. The van der Waals surface area contributed by atoms with Crippen molar-refractivity contribution in [3.63, 3.8) is 0 Å². The van der Waals surface area contributed by atoms with E-state index in [0.717, 1.165) is 54.8 Å². The van der Waals surface area contributed by atoms with Crippen LogP contribution in [0.1, 0.15) is 11.1 Å². The quantitative estimate of drug-likeness (QED) is 0.746. The molecule has 0 aromatic heterocycles. The standard InChI is InChI=1S/C19H21N3O/c1-14-7-8-17-15(13-14)19(22-11-9-21(2)10-12-22)20-16-5-3-4-6-18(16)23-17/h3-8,13H,9-12H2,1-2H3. The second-order valence-electron chi connectivity index (χ2n) is 6.30. The van der Waals surface area contributed by atoms with Crippen LogP contribution in [0.4, 0.5) is 5.69 Å². The van der Waals surface area contributed by atoms with Crippen LogP contribution in [0.15, 0.2) is 47.5 Å². The number of nitrogens with zero attached hydrogens (tertiary/aromatic N) is 3. The van der Waals surface area contributed by atoms with Crippen molar-refractivity contribution in [3.8, 4) is 11.5 Å². The third-order valence-corrected chi connectivity index (χ3v) is 4.49. The van der Waals surface area contributed by atoms with Crippen molar-refractivity contribution in [2.24, 2.45) is 4.99 Å². The fourth-order valence-corrected chi connectivity index (χ4v) is 3.10. The van der Waals surface area contributed by atoms with E-state index in [9.17, 15) is 0 Å². The molecule has 4 nitrogen and oxygen atoms in total. The summed E-state index contributed by atoms with van der Waals surface area (Å²) < 4.78 is 6.15. The number of likely N-dealkylation sites (N-methyl/N-ethyl adjacent to an activating group) is 1. The number of aryl methyl sites for hydroxylation is 1. The largest absolute Gasteiger partial charge is 0.454 e. The van der Waals surface area contributed by atoms with Crippen molar-refractivity contribution >= 4 is 11.5 Å². The zero-order chi connectivity index (χ0) is 15.8. The normalized spacial score (nSPS) is 17.7. The maximum atomic E-state index is 6.15. The molecule has 0 bridgehead atoms. The Bertz CT molecular complexity index is 761. The predicted octanol–water partition coefficient (Wildman–Crippen LogP) is 3.43. The topological polar surface area (TPSA) is 28.1 Å². The van der Waals surface area contributed by atoms with Gasteiger partial charge in [-0.3, -0.25) is 0 Å². The van der Waals surface area contributed by atoms with Crippen LogP contribution in [-0.4, -0.2) is 48.9 Å². The molecule has 2 aromatic carbocycles. The molecular weight excluding hydrogens is 286 g/mol. The van der Waals surface area contributed by atoms with Crippen molar-refractivity contribution in [3.05, 3.63) is 53.6 Å². The van der Waals surface area contributed by atoms with Crippen molar-refractivity contribution in [1.29, 1.82) is 0 Å². The van der Waals surface area contributed by atoms with Crippen LogP contribution in [0.25, 0.3) is 0 Å². The lowest BCUT2D eigenvalue weighted by molar-refractivity contribution is 0.215. The van der Waals surface area contributed by atoms with Crippen LogP contribution in [-0.2, 0) is 0 Å². The number of benzene rings is 2. The first-order valence-corrected chi connectivity index (χ1v) is 8.11. The number of fused-ring (bicyclic) bond motifs is 2. The average Bonchev–Trinajstić information content (AvgIpc) is 2.72. The second kappa shape index (κ2) is 5.70. The summed E-state index contributed by atoms with van der Waals surface area (Å²) in [6, 6.07) is 14.3. The van der Waals surface area contributed by atoms with Gasteiger partial charge in [-0.05, 0) is 38.2 Å².